The summed E-state index contributed by atoms with van der Waals surface area (Å²) in [5.41, 5.74) is 0.241. The molecule has 0 rings (SSSR count). The zero-order valence-electron chi connectivity index (χ0n) is 14.8. The molecule has 10 heteroatoms. The van der Waals surface area contributed by atoms with Crippen LogP contribution in [0, 0.1) is 0 Å². The largest absolute Gasteiger partial charge is 0.462 e. The van der Waals surface area contributed by atoms with E-state index < -0.39 is 31.9 Å². The highest BCUT2D eigenvalue weighted by Crippen LogP contribution is 2.47. The summed E-state index contributed by atoms with van der Waals surface area (Å²) in [6.07, 6.45) is -0.983. The molecule has 0 saturated heterocycles. The van der Waals surface area contributed by atoms with E-state index in [0.29, 0.717) is 0 Å². The molecule has 0 aromatic rings. The molecule has 0 bridgehead atoms. The van der Waals surface area contributed by atoms with E-state index in [-0.39, 0.29) is 44.8 Å². The molecular formula is C15H25O9P. The predicted octanol–water partition coefficient (Wildman–Crippen LogP) is 2.20. The minimum absolute atomic E-state index is 0.103. The van der Waals surface area contributed by atoms with E-state index in [1.54, 1.807) is 13.8 Å². The molecular weight excluding hydrogens is 355 g/mol. The summed E-state index contributed by atoms with van der Waals surface area (Å²) < 4.78 is 36.3. The van der Waals surface area contributed by atoms with Crippen LogP contribution in [0.25, 0.3) is 0 Å². The van der Waals surface area contributed by atoms with Crippen LogP contribution in [-0.2, 0) is 42.2 Å². The number of esters is 3. The fraction of sp³-hybridized carbons (Fsp3) is 0.667. The van der Waals surface area contributed by atoms with Gasteiger partial charge in [0.1, 0.15) is 13.2 Å². The topological polar surface area (TPSA) is 114 Å². The maximum Gasteiger partial charge on any atom is 0.367 e. The Morgan fingerprint density at radius 3 is 1.84 bits per heavy atom. The molecule has 0 heterocycles. The molecule has 144 valence electrons. The van der Waals surface area contributed by atoms with E-state index >= 15 is 0 Å². The van der Waals surface area contributed by atoms with Gasteiger partial charge in [-0.3, -0.25) is 14.2 Å². The van der Waals surface area contributed by atoms with Gasteiger partial charge in [-0.1, -0.05) is 6.58 Å². The van der Waals surface area contributed by atoms with Crippen molar-refractivity contribution in [3.63, 3.8) is 0 Å². The summed E-state index contributed by atoms with van der Waals surface area (Å²) >= 11 is 0. The summed E-state index contributed by atoms with van der Waals surface area (Å²) in [5, 5.41) is 0. The maximum atomic E-state index is 12.1. The molecule has 0 aromatic heterocycles. The van der Waals surface area contributed by atoms with Gasteiger partial charge in [-0.05, 0) is 20.8 Å². The van der Waals surface area contributed by atoms with Crippen LogP contribution < -0.4 is 0 Å². The molecule has 0 aliphatic carbocycles. The molecule has 0 radical (unpaired) electrons. The molecule has 0 saturated carbocycles. The lowest BCUT2D eigenvalue weighted by atomic mass is 10.3. The molecule has 0 N–H and O–H groups in total. The molecule has 0 atom stereocenters. The Morgan fingerprint density at radius 1 is 0.880 bits per heavy atom. The van der Waals surface area contributed by atoms with E-state index in [0.717, 1.165) is 0 Å². The van der Waals surface area contributed by atoms with Crippen LogP contribution in [0.15, 0.2) is 12.2 Å². The van der Waals surface area contributed by atoms with E-state index in [4.69, 9.17) is 23.3 Å². The summed E-state index contributed by atoms with van der Waals surface area (Å²) in [6, 6.07) is 0. The average Bonchev–Trinajstić information content (AvgIpc) is 2.55. The van der Waals surface area contributed by atoms with Crippen molar-refractivity contribution in [3.05, 3.63) is 12.2 Å². The van der Waals surface area contributed by atoms with Gasteiger partial charge in [-0.15, -0.1) is 0 Å². The Labute approximate surface area is 147 Å². The van der Waals surface area contributed by atoms with Gasteiger partial charge in [-0.25, -0.2) is 4.79 Å². The summed E-state index contributed by atoms with van der Waals surface area (Å²) in [5.74, 6) is -1.96. The Bertz CT molecular complexity index is 505. The maximum absolute atomic E-state index is 12.1. The van der Waals surface area contributed by atoms with Crippen molar-refractivity contribution < 1.29 is 42.2 Å². The average molecular weight is 380 g/mol. The summed E-state index contributed by atoms with van der Waals surface area (Å²) in [4.78, 5) is 34.1. The van der Waals surface area contributed by atoms with Crippen molar-refractivity contribution in [2.24, 2.45) is 0 Å². The highest BCUT2D eigenvalue weighted by Gasteiger charge is 2.26. The second-order valence-corrected chi connectivity index (χ2v) is 6.73. The lowest BCUT2D eigenvalue weighted by Crippen LogP contribution is -2.16. The molecule has 9 nitrogen and oxygen atoms in total. The van der Waals surface area contributed by atoms with E-state index in [2.05, 4.69) is 6.58 Å². The van der Waals surface area contributed by atoms with Gasteiger partial charge in [0.15, 0.2) is 6.35 Å². The van der Waals surface area contributed by atoms with Crippen molar-refractivity contribution in [2.75, 3.05) is 32.8 Å². The highest BCUT2D eigenvalue weighted by atomic mass is 31.2. The summed E-state index contributed by atoms with van der Waals surface area (Å²) in [7, 11) is -3.47. The number of hydrogen-bond acceptors (Lipinski definition) is 9. The third-order valence-electron chi connectivity index (χ3n) is 2.50. The summed E-state index contributed by atoms with van der Waals surface area (Å²) in [6.45, 7) is 8.24. The number of carbonyl (C=O) groups excluding carboxylic acids is 3. The highest BCUT2D eigenvalue weighted by molar-refractivity contribution is 7.53. The normalized spacial score (nSPS) is 10.8. The van der Waals surface area contributed by atoms with Crippen LogP contribution in [0.4, 0.5) is 0 Å². The molecule has 0 unspecified atom stereocenters. The third-order valence-corrected chi connectivity index (χ3v) is 4.25. The van der Waals surface area contributed by atoms with Crippen molar-refractivity contribution in [3.8, 4) is 0 Å². The Kier molecular flexibility index (Phi) is 11.8. The standard InChI is InChI=1S/C15H25O9P/c1-5-23-25(19,24-6-2)11-22-14(17)8-7-13(16)20-9-10-21-15(18)12(3)4/h3,5-11H2,1-2,4H3. The lowest BCUT2D eigenvalue weighted by Gasteiger charge is -2.16. The Morgan fingerprint density at radius 2 is 1.36 bits per heavy atom. The van der Waals surface area contributed by atoms with Crippen molar-refractivity contribution in [2.45, 2.75) is 33.6 Å². The minimum atomic E-state index is -3.47. The third kappa shape index (κ3) is 11.5. The lowest BCUT2D eigenvalue weighted by molar-refractivity contribution is -0.152. The molecule has 0 spiro atoms. The van der Waals surface area contributed by atoms with Gasteiger partial charge in [0.05, 0.1) is 26.1 Å². The number of rotatable bonds is 13. The smallest absolute Gasteiger partial charge is 0.367 e. The Hall–Kier alpha value is -1.70. The Balaban J connectivity index is 3.97. The quantitative estimate of drug-likeness (QED) is 0.156. The molecule has 0 aliphatic rings. The monoisotopic (exact) mass is 380 g/mol. The second kappa shape index (κ2) is 12.6. The van der Waals surface area contributed by atoms with Gasteiger partial charge < -0.3 is 23.3 Å². The first-order valence-electron chi connectivity index (χ1n) is 7.76. The number of hydrogen-bond donors (Lipinski definition) is 0. The van der Waals surface area contributed by atoms with Crippen LogP contribution in [-0.4, -0.2) is 50.7 Å². The molecule has 0 aliphatic heterocycles. The van der Waals surface area contributed by atoms with Gasteiger partial charge in [0.25, 0.3) is 0 Å². The zero-order valence-corrected chi connectivity index (χ0v) is 15.7. The fourth-order valence-electron chi connectivity index (χ4n) is 1.42. The van der Waals surface area contributed by atoms with Crippen LogP contribution >= 0.6 is 7.60 Å². The number of ether oxygens (including phenoxy) is 3. The van der Waals surface area contributed by atoms with Crippen LogP contribution in [0.5, 0.6) is 0 Å². The van der Waals surface area contributed by atoms with Gasteiger partial charge >= 0.3 is 25.5 Å². The number of carbonyl (C=O) groups is 3. The molecule has 0 aromatic carbocycles. The molecule has 25 heavy (non-hydrogen) atoms. The van der Waals surface area contributed by atoms with E-state index in [1.807, 2.05) is 0 Å². The van der Waals surface area contributed by atoms with E-state index in [9.17, 15) is 18.9 Å². The first-order chi connectivity index (χ1) is 11.7. The zero-order chi connectivity index (χ0) is 19.3. The van der Waals surface area contributed by atoms with Crippen LogP contribution in [0.1, 0.15) is 33.6 Å². The van der Waals surface area contributed by atoms with Gasteiger partial charge in [0.2, 0.25) is 0 Å². The first kappa shape index (κ1) is 23.3. The van der Waals surface area contributed by atoms with Crippen molar-refractivity contribution in [1.29, 1.82) is 0 Å². The fourth-order valence-corrected chi connectivity index (χ4v) is 2.73. The van der Waals surface area contributed by atoms with Crippen LogP contribution in [0.3, 0.4) is 0 Å². The van der Waals surface area contributed by atoms with Crippen molar-refractivity contribution >= 4 is 25.5 Å². The molecule has 0 fully saturated rings. The second-order valence-electron chi connectivity index (χ2n) is 4.73. The van der Waals surface area contributed by atoms with E-state index in [1.165, 1.54) is 6.92 Å². The molecule has 0 amide bonds. The van der Waals surface area contributed by atoms with Gasteiger partial charge in [0, 0.05) is 5.57 Å². The predicted molar refractivity (Wildman–Crippen MR) is 87.8 cm³/mol. The van der Waals surface area contributed by atoms with Gasteiger partial charge in [-0.2, -0.15) is 0 Å². The first-order valence-corrected chi connectivity index (χ1v) is 9.48. The van der Waals surface area contributed by atoms with Crippen LogP contribution in [0.2, 0.25) is 0 Å². The van der Waals surface area contributed by atoms with Crippen molar-refractivity contribution in [1.82, 2.24) is 0 Å². The SMILES string of the molecule is C=C(C)C(=O)OCCOC(=O)CCC(=O)OCP(=O)(OCC)OCC. The minimum Gasteiger partial charge on any atom is -0.462 e.